The van der Waals surface area contributed by atoms with Crippen LogP contribution >= 0.6 is 33.9 Å². The van der Waals surface area contributed by atoms with E-state index in [1.807, 2.05) is 24.3 Å². The minimum absolute atomic E-state index is 0.281. The van der Waals surface area contributed by atoms with Crippen LogP contribution in [0.25, 0.3) is 11.3 Å². The second-order valence-electron chi connectivity index (χ2n) is 4.92. The van der Waals surface area contributed by atoms with Gasteiger partial charge < -0.3 is 0 Å². The van der Waals surface area contributed by atoms with E-state index in [1.54, 1.807) is 5.38 Å². The average molecular weight is 469 g/mol. The van der Waals surface area contributed by atoms with Crippen molar-refractivity contribution in [1.29, 1.82) is 0 Å². The fourth-order valence-electron chi connectivity index (χ4n) is 2.05. The highest BCUT2D eigenvalue weighted by Crippen LogP contribution is 2.26. The number of anilines is 1. The second-order valence-corrected chi connectivity index (χ2v) is 7.02. The molecule has 0 fully saturated rings. The summed E-state index contributed by atoms with van der Waals surface area (Å²) in [6.45, 7) is 0. The van der Waals surface area contributed by atoms with Gasteiger partial charge in [0.2, 0.25) is 0 Å². The van der Waals surface area contributed by atoms with Crippen LogP contribution in [0.5, 0.6) is 0 Å². The molecule has 1 heterocycles. The van der Waals surface area contributed by atoms with Gasteiger partial charge in [0.15, 0.2) is 5.13 Å². The lowest BCUT2D eigenvalue weighted by atomic mass is 10.2. The number of amides is 1. The van der Waals surface area contributed by atoms with Gasteiger partial charge in [0.05, 0.1) is 22.2 Å². The minimum atomic E-state index is -0.957. The van der Waals surface area contributed by atoms with Gasteiger partial charge in [-0.1, -0.05) is 12.1 Å². The standard InChI is InChI=1S/C16H9FIN3O3S/c17-13-7-11(21(23)24)5-6-12(13)15(22)20-16-19-14(8-25-16)9-1-3-10(18)4-2-9/h1-8H,(H,19,20,22). The van der Waals surface area contributed by atoms with E-state index in [4.69, 9.17) is 0 Å². The molecule has 126 valence electrons. The van der Waals surface area contributed by atoms with E-state index in [-0.39, 0.29) is 5.56 Å². The molecule has 1 N–H and O–H groups in total. The molecule has 3 aromatic rings. The second kappa shape index (κ2) is 7.23. The van der Waals surface area contributed by atoms with E-state index in [9.17, 15) is 19.3 Å². The molecule has 3 rings (SSSR count). The zero-order valence-electron chi connectivity index (χ0n) is 12.4. The minimum Gasteiger partial charge on any atom is -0.298 e. The predicted octanol–water partition coefficient (Wildman–Crippen LogP) is 4.71. The number of nitro benzene ring substituents is 1. The molecule has 6 nitrogen and oxygen atoms in total. The van der Waals surface area contributed by atoms with Gasteiger partial charge in [-0.15, -0.1) is 11.3 Å². The number of nitro groups is 1. The molecule has 0 saturated carbocycles. The number of carbonyl (C=O) groups excluding carboxylic acids is 1. The van der Waals surface area contributed by atoms with Crippen molar-refractivity contribution >= 4 is 50.7 Å². The first-order valence-corrected chi connectivity index (χ1v) is 8.86. The Morgan fingerprint density at radius 2 is 1.96 bits per heavy atom. The molecule has 0 aliphatic rings. The Labute approximate surface area is 159 Å². The number of non-ortho nitro benzene ring substituents is 1. The Hall–Kier alpha value is -2.40. The molecular weight excluding hydrogens is 460 g/mol. The zero-order valence-corrected chi connectivity index (χ0v) is 15.4. The highest BCUT2D eigenvalue weighted by Gasteiger charge is 2.17. The molecule has 0 aliphatic carbocycles. The van der Waals surface area contributed by atoms with Crippen LogP contribution in [-0.2, 0) is 0 Å². The Bertz CT molecular complexity index is 960. The molecular formula is C16H9FIN3O3S. The highest BCUT2D eigenvalue weighted by atomic mass is 127. The molecule has 0 aliphatic heterocycles. The summed E-state index contributed by atoms with van der Waals surface area (Å²) >= 11 is 3.41. The van der Waals surface area contributed by atoms with Crippen molar-refractivity contribution in [2.24, 2.45) is 0 Å². The Kier molecular flexibility index (Phi) is 5.04. The number of halogens is 2. The maximum atomic E-state index is 13.9. The zero-order chi connectivity index (χ0) is 18.0. The maximum absolute atomic E-state index is 13.9. The molecule has 0 spiro atoms. The normalized spacial score (nSPS) is 10.5. The number of hydrogen-bond donors (Lipinski definition) is 1. The van der Waals surface area contributed by atoms with Crippen LogP contribution in [-0.4, -0.2) is 15.8 Å². The largest absolute Gasteiger partial charge is 0.298 e. The van der Waals surface area contributed by atoms with E-state index in [1.165, 1.54) is 11.3 Å². The van der Waals surface area contributed by atoms with Gasteiger partial charge in [-0.2, -0.15) is 0 Å². The molecule has 0 bridgehead atoms. The molecule has 1 aromatic heterocycles. The summed E-state index contributed by atoms with van der Waals surface area (Å²) in [6, 6.07) is 10.6. The van der Waals surface area contributed by atoms with Crippen LogP contribution < -0.4 is 5.32 Å². The van der Waals surface area contributed by atoms with Crippen LogP contribution in [0.4, 0.5) is 15.2 Å². The van der Waals surface area contributed by atoms with Gasteiger partial charge >= 0.3 is 0 Å². The summed E-state index contributed by atoms with van der Waals surface area (Å²) in [5, 5.41) is 15.2. The van der Waals surface area contributed by atoms with Gasteiger partial charge in [0.25, 0.3) is 11.6 Å². The molecule has 0 saturated heterocycles. The van der Waals surface area contributed by atoms with Gasteiger partial charge in [-0.3, -0.25) is 20.2 Å². The van der Waals surface area contributed by atoms with E-state index in [0.717, 1.165) is 21.3 Å². The van der Waals surface area contributed by atoms with Gasteiger partial charge in [0, 0.05) is 20.6 Å². The lowest BCUT2D eigenvalue weighted by molar-refractivity contribution is -0.385. The van der Waals surface area contributed by atoms with Crippen molar-refractivity contribution in [3.8, 4) is 11.3 Å². The fourth-order valence-corrected chi connectivity index (χ4v) is 3.12. The van der Waals surface area contributed by atoms with Crippen molar-refractivity contribution in [2.75, 3.05) is 5.32 Å². The number of nitrogens with zero attached hydrogens (tertiary/aromatic N) is 2. The molecule has 25 heavy (non-hydrogen) atoms. The molecule has 0 unspecified atom stereocenters. The first kappa shape index (κ1) is 17.4. The number of rotatable bonds is 4. The predicted molar refractivity (Wildman–Crippen MR) is 101 cm³/mol. The third kappa shape index (κ3) is 3.99. The first-order chi connectivity index (χ1) is 11.9. The number of benzene rings is 2. The van der Waals surface area contributed by atoms with Gasteiger partial charge in [-0.25, -0.2) is 9.37 Å². The number of hydrogen-bond acceptors (Lipinski definition) is 5. The third-order valence-electron chi connectivity index (χ3n) is 3.27. The van der Waals surface area contributed by atoms with Crippen molar-refractivity contribution in [3.63, 3.8) is 0 Å². The van der Waals surface area contributed by atoms with Gasteiger partial charge in [0.1, 0.15) is 5.82 Å². The molecule has 1 amide bonds. The van der Waals surface area contributed by atoms with Crippen LogP contribution in [0.3, 0.4) is 0 Å². The summed E-state index contributed by atoms with van der Waals surface area (Å²) in [5.41, 5.74) is 0.903. The molecule has 0 radical (unpaired) electrons. The lowest BCUT2D eigenvalue weighted by Gasteiger charge is -2.03. The first-order valence-electron chi connectivity index (χ1n) is 6.91. The summed E-state index contributed by atoms with van der Waals surface area (Å²) < 4.78 is 15.0. The molecule has 0 atom stereocenters. The van der Waals surface area contributed by atoms with E-state index in [0.29, 0.717) is 16.9 Å². The Balaban J connectivity index is 1.78. The van der Waals surface area contributed by atoms with E-state index >= 15 is 0 Å². The fraction of sp³-hybridized carbons (Fsp3) is 0. The van der Waals surface area contributed by atoms with E-state index < -0.39 is 22.3 Å². The van der Waals surface area contributed by atoms with Crippen LogP contribution in [0.2, 0.25) is 0 Å². The van der Waals surface area contributed by atoms with Crippen molar-refractivity contribution in [2.45, 2.75) is 0 Å². The summed E-state index contributed by atoms with van der Waals surface area (Å²) in [6.07, 6.45) is 0. The summed E-state index contributed by atoms with van der Waals surface area (Å²) in [5.74, 6) is -1.67. The van der Waals surface area contributed by atoms with Crippen LogP contribution in [0.1, 0.15) is 10.4 Å². The Morgan fingerprint density at radius 3 is 2.60 bits per heavy atom. The van der Waals surface area contributed by atoms with Crippen LogP contribution in [0.15, 0.2) is 47.8 Å². The number of aromatic nitrogens is 1. The highest BCUT2D eigenvalue weighted by molar-refractivity contribution is 14.1. The third-order valence-corrected chi connectivity index (χ3v) is 4.75. The van der Waals surface area contributed by atoms with Gasteiger partial charge in [-0.05, 0) is 40.8 Å². The smallest absolute Gasteiger partial charge is 0.272 e. The summed E-state index contributed by atoms with van der Waals surface area (Å²) in [7, 11) is 0. The van der Waals surface area contributed by atoms with Crippen molar-refractivity contribution < 1.29 is 14.1 Å². The summed E-state index contributed by atoms with van der Waals surface area (Å²) in [4.78, 5) is 26.3. The number of thiazole rings is 1. The SMILES string of the molecule is O=C(Nc1nc(-c2ccc(I)cc2)cs1)c1ccc([N+](=O)[O-])cc1F. The molecule has 9 heteroatoms. The monoisotopic (exact) mass is 469 g/mol. The number of nitrogens with one attached hydrogen (secondary N) is 1. The number of carbonyl (C=O) groups is 1. The maximum Gasteiger partial charge on any atom is 0.272 e. The van der Waals surface area contributed by atoms with Crippen LogP contribution in [0, 0.1) is 19.5 Å². The quantitative estimate of drug-likeness (QED) is 0.341. The topological polar surface area (TPSA) is 85.1 Å². The average Bonchev–Trinajstić information content (AvgIpc) is 3.03. The lowest BCUT2D eigenvalue weighted by Crippen LogP contribution is -2.13. The van der Waals surface area contributed by atoms with Crippen molar-refractivity contribution in [1.82, 2.24) is 4.98 Å². The van der Waals surface area contributed by atoms with Crippen molar-refractivity contribution in [3.05, 3.63) is 72.9 Å². The van der Waals surface area contributed by atoms with E-state index in [2.05, 4.69) is 32.9 Å². The molecule has 2 aromatic carbocycles. The Morgan fingerprint density at radius 1 is 1.24 bits per heavy atom.